The number of amides is 1. The van der Waals surface area contributed by atoms with E-state index >= 15 is 0 Å². The largest absolute Gasteiger partial charge is 0.508 e. The first-order chi connectivity index (χ1) is 8.97. The number of aromatic hydroxyl groups is 1. The van der Waals surface area contributed by atoms with E-state index in [1.54, 1.807) is 36.1 Å². The number of hydrogen-bond acceptors (Lipinski definition) is 3. The van der Waals surface area contributed by atoms with Gasteiger partial charge in [0, 0.05) is 17.8 Å². The van der Waals surface area contributed by atoms with Gasteiger partial charge in [-0.25, -0.2) is 0 Å². The quantitative estimate of drug-likeness (QED) is 0.890. The molecule has 0 aliphatic rings. The third-order valence-corrected chi connectivity index (χ3v) is 2.86. The molecule has 1 aromatic heterocycles. The van der Waals surface area contributed by atoms with Crippen molar-refractivity contribution in [3.63, 3.8) is 0 Å². The smallest absolute Gasteiger partial charge is 0.255 e. The van der Waals surface area contributed by atoms with Crippen LogP contribution in [0.1, 0.15) is 35.8 Å². The Hall–Kier alpha value is -2.30. The van der Waals surface area contributed by atoms with Crippen LogP contribution in [0.5, 0.6) is 5.75 Å². The molecule has 0 fully saturated rings. The first-order valence-electron chi connectivity index (χ1n) is 6.12. The van der Waals surface area contributed by atoms with E-state index in [1.165, 1.54) is 6.07 Å². The van der Waals surface area contributed by atoms with Crippen LogP contribution in [0, 0.1) is 6.92 Å². The summed E-state index contributed by atoms with van der Waals surface area (Å²) in [4.78, 5) is 12.0. The molecule has 5 nitrogen and oxygen atoms in total. The van der Waals surface area contributed by atoms with Crippen molar-refractivity contribution >= 4 is 11.6 Å². The van der Waals surface area contributed by atoms with Crippen LogP contribution in [0.4, 0.5) is 5.69 Å². The summed E-state index contributed by atoms with van der Waals surface area (Å²) in [5.41, 5.74) is 1.79. The van der Waals surface area contributed by atoms with E-state index in [9.17, 15) is 9.90 Å². The Bertz CT molecular complexity index is 602. The minimum atomic E-state index is -0.265. The third-order valence-electron chi connectivity index (χ3n) is 2.86. The molecule has 100 valence electrons. The van der Waals surface area contributed by atoms with E-state index in [1.807, 2.05) is 13.8 Å². The molecule has 0 unspecified atom stereocenters. The van der Waals surface area contributed by atoms with Crippen LogP contribution in [0.15, 0.2) is 30.6 Å². The highest BCUT2D eigenvalue weighted by Gasteiger charge is 2.10. The zero-order valence-electron chi connectivity index (χ0n) is 11.2. The van der Waals surface area contributed by atoms with Gasteiger partial charge in [-0.05, 0) is 38.5 Å². The predicted octanol–water partition coefficient (Wildman–Crippen LogP) is 2.73. The summed E-state index contributed by atoms with van der Waals surface area (Å²) in [5.74, 6) is -0.149. The molecule has 2 N–H and O–H groups in total. The SMILES string of the molecule is Cc1ccc(C(=O)Nc2cnn(C(C)C)c2)cc1O. The molecule has 0 bridgehead atoms. The molecular formula is C14H17N3O2. The Labute approximate surface area is 111 Å². The van der Waals surface area contributed by atoms with Crippen molar-refractivity contribution in [1.82, 2.24) is 9.78 Å². The van der Waals surface area contributed by atoms with Crippen molar-refractivity contribution in [3.8, 4) is 5.75 Å². The number of phenolic OH excluding ortho intramolecular Hbond substituents is 1. The van der Waals surface area contributed by atoms with Crippen molar-refractivity contribution in [1.29, 1.82) is 0 Å². The van der Waals surface area contributed by atoms with E-state index in [-0.39, 0.29) is 17.7 Å². The molecule has 2 aromatic rings. The van der Waals surface area contributed by atoms with Gasteiger partial charge in [0.25, 0.3) is 5.91 Å². The molecular weight excluding hydrogens is 242 g/mol. The normalized spacial score (nSPS) is 10.7. The molecule has 1 aromatic carbocycles. The van der Waals surface area contributed by atoms with Crippen molar-refractivity contribution in [2.24, 2.45) is 0 Å². The number of hydrogen-bond donors (Lipinski definition) is 2. The molecule has 1 amide bonds. The molecule has 5 heteroatoms. The summed E-state index contributed by atoms with van der Waals surface area (Å²) < 4.78 is 1.77. The van der Waals surface area contributed by atoms with Gasteiger partial charge in [0.1, 0.15) is 5.75 Å². The van der Waals surface area contributed by atoms with Crippen molar-refractivity contribution in [2.45, 2.75) is 26.8 Å². The molecule has 0 radical (unpaired) electrons. The Morgan fingerprint density at radius 2 is 2.16 bits per heavy atom. The number of phenols is 1. The zero-order chi connectivity index (χ0) is 14.0. The Morgan fingerprint density at radius 3 is 2.74 bits per heavy atom. The summed E-state index contributed by atoms with van der Waals surface area (Å²) in [7, 11) is 0. The van der Waals surface area contributed by atoms with Gasteiger partial charge in [-0.1, -0.05) is 6.07 Å². The molecule has 0 saturated heterocycles. The van der Waals surface area contributed by atoms with Crippen LogP contribution < -0.4 is 5.32 Å². The highest BCUT2D eigenvalue weighted by atomic mass is 16.3. The molecule has 0 aliphatic carbocycles. The number of nitrogens with one attached hydrogen (secondary N) is 1. The van der Waals surface area contributed by atoms with Gasteiger partial charge >= 0.3 is 0 Å². The maximum atomic E-state index is 12.0. The number of anilines is 1. The minimum Gasteiger partial charge on any atom is -0.508 e. The second kappa shape index (κ2) is 5.14. The van der Waals surface area contributed by atoms with Crippen LogP contribution in [0.2, 0.25) is 0 Å². The molecule has 0 aliphatic heterocycles. The van der Waals surface area contributed by atoms with E-state index in [2.05, 4.69) is 10.4 Å². The summed E-state index contributed by atoms with van der Waals surface area (Å²) in [6.07, 6.45) is 3.38. The molecule has 2 rings (SSSR count). The standard InChI is InChI=1S/C14H17N3O2/c1-9(2)17-8-12(7-15-17)16-14(19)11-5-4-10(3)13(18)6-11/h4-9,18H,1-3H3,(H,16,19). The Kier molecular flexibility index (Phi) is 3.55. The number of carbonyl (C=O) groups is 1. The van der Waals surface area contributed by atoms with Gasteiger partial charge in [-0.2, -0.15) is 5.10 Å². The number of aryl methyl sites for hydroxylation is 1. The van der Waals surface area contributed by atoms with Crippen LogP contribution in [-0.4, -0.2) is 20.8 Å². The van der Waals surface area contributed by atoms with Gasteiger partial charge in [-0.3, -0.25) is 9.48 Å². The van der Waals surface area contributed by atoms with Crippen LogP contribution in [0.25, 0.3) is 0 Å². The number of rotatable bonds is 3. The summed E-state index contributed by atoms with van der Waals surface area (Å²) >= 11 is 0. The second-order valence-corrected chi connectivity index (χ2v) is 4.76. The van der Waals surface area contributed by atoms with Gasteiger partial charge in [-0.15, -0.1) is 0 Å². The number of carbonyl (C=O) groups excluding carboxylic acids is 1. The van der Waals surface area contributed by atoms with Crippen molar-refractivity contribution < 1.29 is 9.90 Å². The summed E-state index contributed by atoms with van der Waals surface area (Å²) in [6, 6.07) is 5.09. The van der Waals surface area contributed by atoms with E-state index < -0.39 is 0 Å². The van der Waals surface area contributed by atoms with Crippen molar-refractivity contribution in [3.05, 3.63) is 41.7 Å². The van der Waals surface area contributed by atoms with Gasteiger partial charge in [0.2, 0.25) is 0 Å². The number of nitrogens with zero attached hydrogens (tertiary/aromatic N) is 2. The fourth-order valence-electron chi connectivity index (χ4n) is 1.64. The Balaban J connectivity index is 2.13. The highest BCUT2D eigenvalue weighted by Crippen LogP contribution is 2.18. The van der Waals surface area contributed by atoms with Gasteiger partial charge in [0.05, 0.1) is 11.9 Å². The number of aromatic nitrogens is 2. The predicted molar refractivity (Wildman–Crippen MR) is 73.4 cm³/mol. The average molecular weight is 259 g/mol. The zero-order valence-corrected chi connectivity index (χ0v) is 11.2. The van der Waals surface area contributed by atoms with E-state index in [4.69, 9.17) is 0 Å². The first kappa shape index (κ1) is 13.1. The first-order valence-corrected chi connectivity index (χ1v) is 6.12. The lowest BCUT2D eigenvalue weighted by Gasteiger charge is -2.05. The monoisotopic (exact) mass is 259 g/mol. The Morgan fingerprint density at radius 1 is 1.42 bits per heavy atom. The number of benzene rings is 1. The highest BCUT2D eigenvalue weighted by molar-refractivity contribution is 6.04. The fraction of sp³-hybridized carbons (Fsp3) is 0.286. The summed E-state index contributed by atoms with van der Waals surface area (Å²) in [6.45, 7) is 5.80. The molecule has 0 saturated carbocycles. The lowest BCUT2D eigenvalue weighted by molar-refractivity contribution is 0.102. The van der Waals surface area contributed by atoms with Crippen LogP contribution >= 0.6 is 0 Å². The average Bonchev–Trinajstić information content (AvgIpc) is 2.81. The van der Waals surface area contributed by atoms with Crippen LogP contribution in [-0.2, 0) is 0 Å². The van der Waals surface area contributed by atoms with E-state index in [0.717, 1.165) is 5.56 Å². The molecule has 1 heterocycles. The maximum absolute atomic E-state index is 12.0. The molecule has 0 atom stereocenters. The molecule has 0 spiro atoms. The maximum Gasteiger partial charge on any atom is 0.255 e. The van der Waals surface area contributed by atoms with E-state index in [0.29, 0.717) is 11.3 Å². The topological polar surface area (TPSA) is 67.2 Å². The summed E-state index contributed by atoms with van der Waals surface area (Å²) in [5, 5.41) is 16.5. The second-order valence-electron chi connectivity index (χ2n) is 4.76. The molecule has 19 heavy (non-hydrogen) atoms. The third kappa shape index (κ3) is 2.93. The fourth-order valence-corrected chi connectivity index (χ4v) is 1.64. The van der Waals surface area contributed by atoms with Crippen molar-refractivity contribution in [2.75, 3.05) is 5.32 Å². The minimum absolute atomic E-state index is 0.116. The van der Waals surface area contributed by atoms with Gasteiger partial charge in [0.15, 0.2) is 0 Å². The lowest BCUT2D eigenvalue weighted by Crippen LogP contribution is -2.11. The lowest BCUT2D eigenvalue weighted by atomic mass is 10.1. The van der Waals surface area contributed by atoms with Crippen LogP contribution in [0.3, 0.4) is 0 Å². The van der Waals surface area contributed by atoms with Gasteiger partial charge < -0.3 is 10.4 Å².